The lowest BCUT2D eigenvalue weighted by Gasteiger charge is -2.45. The molecule has 2 N–H and O–H groups in total. The van der Waals surface area contributed by atoms with Gasteiger partial charge in [0, 0.05) is 12.5 Å². The summed E-state index contributed by atoms with van der Waals surface area (Å²) in [6.45, 7) is 1.11. The van der Waals surface area contributed by atoms with E-state index in [1.807, 2.05) is 17.0 Å². The second kappa shape index (κ2) is 5.44. The highest BCUT2D eigenvalue weighted by atomic mass is 16.5. The van der Waals surface area contributed by atoms with Gasteiger partial charge in [-0.1, -0.05) is 0 Å². The van der Waals surface area contributed by atoms with Crippen LogP contribution in [-0.2, 0) is 11.2 Å². The molecule has 1 fully saturated rings. The van der Waals surface area contributed by atoms with Crippen LogP contribution in [0.25, 0.3) is 0 Å². The number of aliphatic hydroxyl groups excluding tert-OH is 1. The van der Waals surface area contributed by atoms with Gasteiger partial charge >= 0.3 is 0 Å². The highest BCUT2D eigenvalue weighted by molar-refractivity contribution is 5.72. The van der Waals surface area contributed by atoms with E-state index in [9.17, 15) is 5.11 Å². The standard InChI is InChI=1S/C15H20N2O4/c1-19-12-5-9-3-4-17-14(11(9)6-13(12)20-2)10(7-18)8-21-15(17)16/h5-6,10,14,16,18H,3-4,7-8H2,1-2H3. The Morgan fingerprint density at radius 3 is 2.71 bits per heavy atom. The van der Waals surface area contributed by atoms with Gasteiger partial charge in [0.1, 0.15) is 0 Å². The first kappa shape index (κ1) is 14.0. The molecule has 114 valence electrons. The number of methoxy groups -OCH3 is 2. The molecule has 2 aliphatic rings. The van der Waals surface area contributed by atoms with Crippen LogP contribution in [0.2, 0.25) is 0 Å². The number of nitrogens with one attached hydrogen (secondary N) is 1. The second-order valence-corrected chi connectivity index (χ2v) is 5.35. The van der Waals surface area contributed by atoms with Crippen molar-refractivity contribution in [3.8, 4) is 11.5 Å². The molecule has 0 spiro atoms. The number of nitrogens with zero attached hydrogens (tertiary/aromatic N) is 1. The summed E-state index contributed by atoms with van der Waals surface area (Å²) >= 11 is 0. The fourth-order valence-electron chi connectivity index (χ4n) is 3.23. The van der Waals surface area contributed by atoms with Crippen molar-refractivity contribution in [2.75, 3.05) is 34.0 Å². The van der Waals surface area contributed by atoms with Crippen LogP contribution in [-0.4, -0.2) is 50.0 Å². The quantitative estimate of drug-likeness (QED) is 0.875. The average Bonchev–Trinajstić information content (AvgIpc) is 2.53. The van der Waals surface area contributed by atoms with Crippen LogP contribution in [0.1, 0.15) is 17.2 Å². The molecule has 2 atom stereocenters. The zero-order valence-electron chi connectivity index (χ0n) is 12.3. The molecule has 2 heterocycles. The fraction of sp³-hybridized carbons (Fsp3) is 0.533. The normalized spacial score (nSPS) is 24.0. The minimum Gasteiger partial charge on any atom is -0.493 e. The Balaban J connectivity index is 2.08. The Morgan fingerprint density at radius 1 is 1.33 bits per heavy atom. The SMILES string of the molecule is COc1cc2c(cc1OC)C1C(CO)COC(=N)N1CC2. The lowest BCUT2D eigenvalue weighted by molar-refractivity contribution is 0.0255. The van der Waals surface area contributed by atoms with Crippen molar-refractivity contribution in [2.45, 2.75) is 12.5 Å². The predicted molar refractivity (Wildman–Crippen MR) is 77.0 cm³/mol. The van der Waals surface area contributed by atoms with Gasteiger partial charge in [-0.2, -0.15) is 0 Å². The molecule has 21 heavy (non-hydrogen) atoms. The molecule has 1 saturated heterocycles. The Morgan fingerprint density at radius 2 is 2.05 bits per heavy atom. The van der Waals surface area contributed by atoms with Crippen molar-refractivity contribution in [2.24, 2.45) is 5.92 Å². The third-order valence-electron chi connectivity index (χ3n) is 4.30. The number of rotatable bonds is 3. The van der Waals surface area contributed by atoms with Gasteiger partial charge in [0.2, 0.25) is 0 Å². The summed E-state index contributed by atoms with van der Waals surface area (Å²) < 4.78 is 16.1. The van der Waals surface area contributed by atoms with E-state index in [4.69, 9.17) is 19.6 Å². The topological polar surface area (TPSA) is 75.0 Å². The molecule has 1 aromatic carbocycles. The van der Waals surface area contributed by atoms with Gasteiger partial charge in [-0.25, -0.2) is 0 Å². The minimum atomic E-state index is -0.0451. The summed E-state index contributed by atoms with van der Waals surface area (Å²) in [6, 6.07) is 4.11. The van der Waals surface area contributed by atoms with Gasteiger partial charge in [-0.15, -0.1) is 0 Å². The molecule has 0 amide bonds. The van der Waals surface area contributed by atoms with Crippen LogP contribution in [0.4, 0.5) is 0 Å². The van der Waals surface area contributed by atoms with Crippen molar-refractivity contribution in [3.63, 3.8) is 0 Å². The molecular formula is C15H20N2O4. The van der Waals surface area contributed by atoms with Gasteiger partial charge in [-0.3, -0.25) is 5.41 Å². The number of fused-ring (bicyclic) bond motifs is 3. The van der Waals surface area contributed by atoms with E-state index in [2.05, 4.69) is 0 Å². The molecule has 3 rings (SSSR count). The molecule has 0 radical (unpaired) electrons. The third kappa shape index (κ3) is 2.19. The maximum Gasteiger partial charge on any atom is 0.284 e. The maximum atomic E-state index is 9.64. The van der Waals surface area contributed by atoms with Gasteiger partial charge in [0.25, 0.3) is 6.02 Å². The highest BCUT2D eigenvalue weighted by Crippen LogP contribution is 2.42. The average molecular weight is 292 g/mol. The van der Waals surface area contributed by atoms with E-state index >= 15 is 0 Å². The number of amidine groups is 1. The zero-order valence-corrected chi connectivity index (χ0v) is 12.3. The first-order chi connectivity index (χ1) is 10.2. The first-order valence-corrected chi connectivity index (χ1v) is 7.03. The van der Waals surface area contributed by atoms with Crippen molar-refractivity contribution < 1.29 is 19.3 Å². The van der Waals surface area contributed by atoms with Crippen LogP contribution in [0.5, 0.6) is 11.5 Å². The number of ether oxygens (including phenoxy) is 3. The summed E-state index contributed by atoms with van der Waals surface area (Å²) in [4.78, 5) is 1.92. The lowest BCUT2D eigenvalue weighted by Crippen LogP contribution is -2.50. The summed E-state index contributed by atoms with van der Waals surface area (Å²) in [7, 11) is 3.24. The Kier molecular flexibility index (Phi) is 3.63. The molecule has 0 aliphatic carbocycles. The van der Waals surface area contributed by atoms with Crippen molar-refractivity contribution in [1.29, 1.82) is 5.41 Å². The van der Waals surface area contributed by atoms with E-state index in [1.54, 1.807) is 14.2 Å². The lowest BCUT2D eigenvalue weighted by atomic mass is 9.84. The van der Waals surface area contributed by atoms with Gasteiger partial charge < -0.3 is 24.2 Å². The molecule has 0 saturated carbocycles. The number of hydrogen-bond donors (Lipinski definition) is 2. The second-order valence-electron chi connectivity index (χ2n) is 5.35. The van der Waals surface area contributed by atoms with Crippen LogP contribution in [0.3, 0.4) is 0 Å². The van der Waals surface area contributed by atoms with Crippen molar-refractivity contribution >= 4 is 6.02 Å². The summed E-state index contributed by atoms with van der Waals surface area (Å²) in [5.74, 6) is 1.34. The fourth-order valence-corrected chi connectivity index (χ4v) is 3.23. The van der Waals surface area contributed by atoms with Crippen molar-refractivity contribution in [1.82, 2.24) is 4.90 Å². The largest absolute Gasteiger partial charge is 0.493 e. The predicted octanol–water partition coefficient (Wildman–Crippen LogP) is 1.18. The molecule has 2 aliphatic heterocycles. The van der Waals surface area contributed by atoms with Gasteiger partial charge in [-0.05, 0) is 29.7 Å². The van der Waals surface area contributed by atoms with E-state index in [0.717, 1.165) is 12.0 Å². The summed E-state index contributed by atoms with van der Waals surface area (Å²) in [6.07, 6.45) is 0.816. The monoisotopic (exact) mass is 292 g/mol. The Labute approximate surface area is 123 Å². The number of hydrogen-bond acceptors (Lipinski definition) is 5. The zero-order chi connectivity index (χ0) is 15.0. The molecular weight excluding hydrogens is 272 g/mol. The summed E-state index contributed by atoms with van der Waals surface area (Å²) in [5.41, 5.74) is 2.27. The molecule has 1 aromatic rings. The number of benzene rings is 1. The van der Waals surface area contributed by atoms with Gasteiger partial charge in [0.05, 0.1) is 33.5 Å². The van der Waals surface area contributed by atoms with Crippen LogP contribution >= 0.6 is 0 Å². The Bertz CT molecular complexity index is 561. The van der Waals surface area contributed by atoms with E-state index in [0.29, 0.717) is 24.7 Å². The van der Waals surface area contributed by atoms with Crippen LogP contribution in [0.15, 0.2) is 12.1 Å². The molecule has 2 unspecified atom stereocenters. The van der Waals surface area contributed by atoms with E-state index < -0.39 is 0 Å². The highest BCUT2D eigenvalue weighted by Gasteiger charge is 2.40. The molecule has 6 heteroatoms. The van der Waals surface area contributed by atoms with Gasteiger partial charge in [0.15, 0.2) is 11.5 Å². The smallest absolute Gasteiger partial charge is 0.284 e. The molecule has 0 bridgehead atoms. The first-order valence-electron chi connectivity index (χ1n) is 7.03. The molecule has 0 aromatic heterocycles. The van der Waals surface area contributed by atoms with Crippen molar-refractivity contribution in [3.05, 3.63) is 23.3 Å². The van der Waals surface area contributed by atoms with Crippen LogP contribution < -0.4 is 9.47 Å². The number of aliphatic hydroxyl groups is 1. The van der Waals surface area contributed by atoms with E-state index in [1.165, 1.54) is 5.56 Å². The molecule has 6 nitrogen and oxygen atoms in total. The minimum absolute atomic E-state index is 0.0300. The van der Waals surface area contributed by atoms with Crippen LogP contribution in [0, 0.1) is 11.3 Å². The third-order valence-corrected chi connectivity index (χ3v) is 4.30. The maximum absolute atomic E-state index is 9.64. The van der Waals surface area contributed by atoms with E-state index in [-0.39, 0.29) is 24.6 Å². The summed E-state index contributed by atoms with van der Waals surface area (Å²) in [5, 5.41) is 17.6. The Hall–Kier alpha value is -1.95.